The maximum absolute atomic E-state index is 8.78. The van der Waals surface area contributed by atoms with Gasteiger partial charge in [0.1, 0.15) is 11.9 Å². The highest BCUT2D eigenvalue weighted by Crippen LogP contribution is 2.24. The summed E-state index contributed by atoms with van der Waals surface area (Å²) in [6, 6.07) is 4.44. The van der Waals surface area contributed by atoms with Gasteiger partial charge in [-0.15, -0.1) is 10.2 Å². The first-order chi connectivity index (χ1) is 12.7. The zero-order chi connectivity index (χ0) is 18.4. The van der Waals surface area contributed by atoms with Crippen molar-refractivity contribution < 1.29 is 0 Å². The first-order valence-electron chi connectivity index (χ1n) is 8.49. The smallest absolute Gasteiger partial charge is 0.159 e. The lowest BCUT2D eigenvalue weighted by Gasteiger charge is -2.27. The van der Waals surface area contributed by atoms with Crippen LogP contribution in [0, 0.1) is 23.2 Å². The third-order valence-corrected chi connectivity index (χ3v) is 4.19. The Balaban J connectivity index is 1.78. The predicted octanol–water partition coefficient (Wildman–Crippen LogP) is 1.94. The third kappa shape index (κ3) is 4.44. The Morgan fingerprint density at radius 3 is 2.58 bits per heavy atom. The molecule has 1 saturated carbocycles. The van der Waals surface area contributed by atoms with Gasteiger partial charge in [0.05, 0.1) is 18.1 Å². The Labute approximate surface area is 152 Å². The lowest BCUT2D eigenvalue weighted by Crippen LogP contribution is -2.33. The normalized spacial score (nSPS) is 19.0. The highest BCUT2D eigenvalue weighted by molar-refractivity contribution is 5.63. The molecule has 4 N–H and O–H groups in total. The molecule has 0 aromatic carbocycles. The zero-order valence-corrected chi connectivity index (χ0v) is 14.5. The van der Waals surface area contributed by atoms with Crippen molar-refractivity contribution in [2.24, 2.45) is 5.73 Å². The maximum Gasteiger partial charge on any atom is 0.159 e. The summed E-state index contributed by atoms with van der Waals surface area (Å²) in [6.45, 7) is 1.77. The maximum atomic E-state index is 8.78. The van der Waals surface area contributed by atoms with Crippen LogP contribution in [0.5, 0.6) is 0 Å². The Hall–Kier alpha value is -3.23. The molecule has 2 heterocycles. The van der Waals surface area contributed by atoms with Gasteiger partial charge in [0.15, 0.2) is 17.2 Å². The largest absolute Gasteiger partial charge is 0.380 e. The van der Waals surface area contributed by atoms with Gasteiger partial charge in [-0.25, -0.2) is 9.97 Å². The predicted molar refractivity (Wildman–Crippen MR) is 98.5 cm³/mol. The summed E-state index contributed by atoms with van der Waals surface area (Å²) in [5, 5.41) is 23.7. The highest BCUT2D eigenvalue weighted by Gasteiger charge is 2.19. The number of hydrogen-bond acceptors (Lipinski definition) is 8. The molecule has 0 spiro atoms. The van der Waals surface area contributed by atoms with Gasteiger partial charge in [-0.3, -0.25) is 0 Å². The minimum Gasteiger partial charge on any atom is -0.380 e. The summed E-state index contributed by atoms with van der Waals surface area (Å²) in [5.74, 6) is 6.86. The molecule has 1 aliphatic rings. The number of nitriles is 1. The average molecular weight is 348 g/mol. The SMILES string of the molecule is CC#Cc1nnc(Nc2cnc(C#N)cn2)cc1NC1CCC(N)CC1. The molecule has 132 valence electrons. The van der Waals surface area contributed by atoms with Crippen LogP contribution in [0.25, 0.3) is 0 Å². The molecule has 0 unspecified atom stereocenters. The minimum atomic E-state index is 0.257. The van der Waals surface area contributed by atoms with Crippen LogP contribution < -0.4 is 16.4 Å². The summed E-state index contributed by atoms with van der Waals surface area (Å²) >= 11 is 0. The number of aromatic nitrogens is 4. The Kier molecular flexibility index (Phi) is 5.57. The van der Waals surface area contributed by atoms with Crippen LogP contribution in [-0.4, -0.2) is 32.2 Å². The molecular formula is C18H20N8. The quantitative estimate of drug-likeness (QED) is 0.716. The molecule has 0 bridgehead atoms. The zero-order valence-electron chi connectivity index (χ0n) is 14.5. The van der Waals surface area contributed by atoms with Gasteiger partial charge in [-0.1, -0.05) is 5.92 Å². The van der Waals surface area contributed by atoms with E-state index in [1.54, 1.807) is 6.92 Å². The monoisotopic (exact) mass is 348 g/mol. The molecule has 0 amide bonds. The van der Waals surface area contributed by atoms with Crippen LogP contribution in [0.1, 0.15) is 44.0 Å². The number of nitrogens with two attached hydrogens (primary N) is 1. The molecule has 2 aromatic rings. The highest BCUT2D eigenvalue weighted by atomic mass is 15.2. The minimum absolute atomic E-state index is 0.257. The summed E-state index contributed by atoms with van der Waals surface area (Å²) in [7, 11) is 0. The Morgan fingerprint density at radius 1 is 1.12 bits per heavy atom. The van der Waals surface area contributed by atoms with Crippen LogP contribution >= 0.6 is 0 Å². The van der Waals surface area contributed by atoms with Crippen LogP contribution in [0.4, 0.5) is 17.3 Å². The molecule has 3 rings (SSSR count). The summed E-state index contributed by atoms with van der Waals surface area (Å²) in [5.41, 5.74) is 7.68. The Morgan fingerprint density at radius 2 is 1.92 bits per heavy atom. The van der Waals surface area contributed by atoms with Crippen LogP contribution in [0.15, 0.2) is 18.5 Å². The molecule has 26 heavy (non-hydrogen) atoms. The van der Waals surface area contributed by atoms with Gasteiger partial charge in [0, 0.05) is 18.2 Å². The van der Waals surface area contributed by atoms with Crippen molar-refractivity contribution in [1.29, 1.82) is 5.26 Å². The fraction of sp³-hybridized carbons (Fsp3) is 0.389. The van der Waals surface area contributed by atoms with Crippen molar-refractivity contribution in [2.45, 2.75) is 44.7 Å². The van der Waals surface area contributed by atoms with Crippen molar-refractivity contribution in [3.63, 3.8) is 0 Å². The van der Waals surface area contributed by atoms with Crippen molar-refractivity contribution in [3.05, 3.63) is 29.8 Å². The van der Waals surface area contributed by atoms with Gasteiger partial charge >= 0.3 is 0 Å². The Bertz CT molecular complexity index is 851. The molecule has 8 nitrogen and oxygen atoms in total. The fourth-order valence-electron chi connectivity index (χ4n) is 2.84. The fourth-order valence-corrected chi connectivity index (χ4v) is 2.84. The van der Waals surface area contributed by atoms with Crippen molar-refractivity contribution in [2.75, 3.05) is 10.6 Å². The van der Waals surface area contributed by atoms with E-state index in [-0.39, 0.29) is 5.69 Å². The first kappa shape index (κ1) is 17.6. The molecule has 0 aliphatic heterocycles. The lowest BCUT2D eigenvalue weighted by molar-refractivity contribution is 0.411. The van der Waals surface area contributed by atoms with E-state index in [1.807, 2.05) is 12.1 Å². The van der Waals surface area contributed by atoms with Gasteiger partial charge < -0.3 is 16.4 Å². The number of nitrogens with zero attached hydrogens (tertiary/aromatic N) is 5. The molecule has 8 heteroatoms. The number of rotatable bonds is 4. The van der Waals surface area contributed by atoms with E-state index in [2.05, 4.69) is 42.6 Å². The topological polar surface area (TPSA) is 125 Å². The molecule has 1 aliphatic carbocycles. The lowest BCUT2D eigenvalue weighted by atomic mass is 9.91. The summed E-state index contributed by atoms with van der Waals surface area (Å²) < 4.78 is 0. The molecule has 0 atom stereocenters. The molecule has 0 radical (unpaired) electrons. The van der Waals surface area contributed by atoms with Gasteiger partial charge in [0.2, 0.25) is 0 Å². The van der Waals surface area contributed by atoms with E-state index in [1.165, 1.54) is 12.4 Å². The molecular weight excluding hydrogens is 328 g/mol. The van der Waals surface area contributed by atoms with E-state index in [0.29, 0.717) is 29.4 Å². The van der Waals surface area contributed by atoms with Crippen molar-refractivity contribution in [1.82, 2.24) is 20.2 Å². The molecule has 0 saturated heterocycles. The van der Waals surface area contributed by atoms with E-state index in [0.717, 1.165) is 31.4 Å². The van der Waals surface area contributed by atoms with Crippen LogP contribution in [-0.2, 0) is 0 Å². The first-order valence-corrected chi connectivity index (χ1v) is 8.49. The second-order valence-corrected chi connectivity index (χ2v) is 6.15. The van der Waals surface area contributed by atoms with Crippen molar-refractivity contribution >= 4 is 17.3 Å². The second kappa shape index (κ2) is 8.24. The van der Waals surface area contributed by atoms with Crippen LogP contribution in [0.3, 0.4) is 0 Å². The number of anilines is 3. The van der Waals surface area contributed by atoms with Gasteiger partial charge in [-0.05, 0) is 38.5 Å². The van der Waals surface area contributed by atoms with E-state index >= 15 is 0 Å². The second-order valence-electron chi connectivity index (χ2n) is 6.15. The third-order valence-electron chi connectivity index (χ3n) is 4.19. The summed E-state index contributed by atoms with van der Waals surface area (Å²) in [4.78, 5) is 8.11. The van der Waals surface area contributed by atoms with E-state index in [9.17, 15) is 0 Å². The molecule has 2 aromatic heterocycles. The van der Waals surface area contributed by atoms with E-state index in [4.69, 9.17) is 11.0 Å². The van der Waals surface area contributed by atoms with Crippen LogP contribution in [0.2, 0.25) is 0 Å². The summed E-state index contributed by atoms with van der Waals surface area (Å²) in [6.07, 6.45) is 6.94. The van der Waals surface area contributed by atoms with Gasteiger partial charge in [-0.2, -0.15) is 5.26 Å². The average Bonchev–Trinajstić information content (AvgIpc) is 2.66. The van der Waals surface area contributed by atoms with Crippen molar-refractivity contribution in [3.8, 4) is 17.9 Å². The van der Waals surface area contributed by atoms with E-state index < -0.39 is 0 Å². The number of hydrogen-bond donors (Lipinski definition) is 3. The number of nitrogens with one attached hydrogen (secondary N) is 2. The standard InChI is InChI=1S/C18H20N8/c1-2-3-15-16(23-13-6-4-12(20)5-7-13)8-17(26-25-15)24-18-11-21-14(9-19)10-22-18/h8,10-13H,4-7,20H2,1H3,(H2,22,23,24,26). The molecule has 1 fully saturated rings. The van der Waals surface area contributed by atoms with Gasteiger partial charge in [0.25, 0.3) is 0 Å².